The number of nitrogens with two attached hydrogens (primary N) is 1. The number of carbonyl (C=O) groups is 5. The number of H-pyrrole nitrogens is 2. The molecule has 15 nitrogen and oxygen atoms in total. The number of aliphatic carboxylic acids is 2. The number of aromatic nitrogens is 2. The molecule has 4 rings (SSSR count). The Balaban J connectivity index is 0.000000288. The number of ether oxygens (including phenoxy) is 2. The van der Waals surface area contributed by atoms with Gasteiger partial charge in [0.2, 0.25) is 0 Å². The minimum absolute atomic E-state index is 0.0742. The number of hydrogen-bond acceptors (Lipinski definition) is 8. The summed E-state index contributed by atoms with van der Waals surface area (Å²) >= 11 is 0. The number of alkyl halides is 3. The number of rotatable bonds is 9. The molecule has 0 bridgehead atoms. The van der Waals surface area contributed by atoms with Gasteiger partial charge >= 0.3 is 36.2 Å². The first-order valence-corrected chi connectivity index (χ1v) is 15.7. The van der Waals surface area contributed by atoms with Crippen molar-refractivity contribution >= 4 is 63.2 Å². The lowest BCUT2D eigenvalue weighted by Crippen LogP contribution is -2.44. The molecule has 0 aliphatic heterocycles. The number of amides is 3. The number of hydrogen-bond donors (Lipinski definition) is 8. The van der Waals surface area contributed by atoms with E-state index in [0.29, 0.717) is 22.2 Å². The summed E-state index contributed by atoms with van der Waals surface area (Å²) in [6, 6.07) is 6.98. The van der Waals surface area contributed by atoms with E-state index in [1.165, 1.54) is 24.4 Å². The van der Waals surface area contributed by atoms with Crippen molar-refractivity contribution in [2.75, 3.05) is 11.1 Å². The molecule has 0 fully saturated rings. The van der Waals surface area contributed by atoms with E-state index >= 15 is 0 Å². The number of aromatic amines is 2. The Morgan fingerprint density at radius 1 is 0.731 bits per heavy atom. The average Bonchev–Trinajstić information content (AvgIpc) is 3.57. The zero-order chi connectivity index (χ0) is 39.2. The number of halogens is 3. The maximum atomic E-state index is 12.4. The number of carboxylic acids is 2. The maximum Gasteiger partial charge on any atom is 0.471 e. The highest BCUT2D eigenvalue weighted by atomic mass is 19.4. The van der Waals surface area contributed by atoms with E-state index in [1.54, 1.807) is 65.2 Å². The summed E-state index contributed by atoms with van der Waals surface area (Å²) < 4.78 is 47.2. The highest BCUT2D eigenvalue weighted by Crippen LogP contribution is 2.26. The van der Waals surface area contributed by atoms with E-state index in [-0.39, 0.29) is 18.5 Å². The van der Waals surface area contributed by atoms with Gasteiger partial charge in [0.25, 0.3) is 0 Å². The monoisotopic (exact) mass is 734 g/mol. The highest BCUT2D eigenvalue weighted by Gasteiger charge is 2.38. The largest absolute Gasteiger partial charge is 0.480 e. The molecule has 4 aromatic rings. The van der Waals surface area contributed by atoms with Crippen molar-refractivity contribution < 1.29 is 56.8 Å². The Hall–Kier alpha value is -5.94. The van der Waals surface area contributed by atoms with Gasteiger partial charge in [0.15, 0.2) is 0 Å². The third-order valence-electron chi connectivity index (χ3n) is 6.90. The highest BCUT2D eigenvalue weighted by molar-refractivity contribution is 5.97. The Bertz CT molecular complexity index is 1940. The zero-order valence-corrected chi connectivity index (χ0v) is 29.2. The summed E-state index contributed by atoms with van der Waals surface area (Å²) in [5.74, 6) is -4.50. The molecule has 0 saturated heterocycles. The van der Waals surface area contributed by atoms with Gasteiger partial charge in [0, 0.05) is 58.4 Å². The van der Waals surface area contributed by atoms with Crippen molar-refractivity contribution in [2.45, 2.75) is 83.8 Å². The molecule has 3 amide bonds. The van der Waals surface area contributed by atoms with Gasteiger partial charge in [0.1, 0.15) is 23.3 Å². The van der Waals surface area contributed by atoms with Gasteiger partial charge in [-0.3, -0.25) is 4.79 Å². The lowest BCUT2D eigenvalue weighted by atomic mass is 10.0. The Morgan fingerprint density at radius 2 is 1.15 bits per heavy atom. The second-order valence-electron chi connectivity index (χ2n) is 13.6. The fraction of sp³-hybridized carbons (Fsp3) is 0.382. The second kappa shape index (κ2) is 15.9. The fourth-order valence-electron chi connectivity index (χ4n) is 4.75. The minimum atomic E-state index is -5.02. The van der Waals surface area contributed by atoms with Crippen molar-refractivity contribution in [1.29, 1.82) is 0 Å². The van der Waals surface area contributed by atoms with Crippen molar-refractivity contribution in [3.05, 3.63) is 59.9 Å². The SMILES string of the molecule is CC(C)(C)OC(=O)N[C@@H](Cc1c[nH]c2cc(N)ccc12)C(=O)O.CC(C)(C)OC(=O)N[C@@H](Cc1c[nH]c2cc(NC(=O)C(F)(F)F)ccc12)C(=O)O. The van der Waals surface area contributed by atoms with E-state index < -0.39 is 59.5 Å². The van der Waals surface area contributed by atoms with Gasteiger partial charge in [-0.2, -0.15) is 13.2 Å². The maximum absolute atomic E-state index is 12.4. The van der Waals surface area contributed by atoms with Crippen molar-refractivity contribution in [2.24, 2.45) is 0 Å². The predicted molar refractivity (Wildman–Crippen MR) is 185 cm³/mol. The van der Waals surface area contributed by atoms with E-state index in [4.69, 9.17) is 15.2 Å². The standard InChI is InChI=1S/C18H20F3N3O5.C16H21N3O4/c1-17(2,3)29-16(28)24-13(14(25)26)6-9-8-22-12-7-10(4-5-11(9)12)23-15(27)18(19,20)21;1-16(2,3)23-15(22)19-13(14(20)21)6-9-8-18-12-7-10(17)4-5-11(9)12/h4-5,7-8,13,22H,6H2,1-3H3,(H,23,27)(H,24,28)(H,25,26);4-5,7-8,13,18H,6,17H2,1-3H3,(H,19,22)(H,20,21)/t2*13-/m00/s1. The average molecular weight is 735 g/mol. The number of carbonyl (C=O) groups excluding carboxylic acids is 3. The Labute approximate surface area is 295 Å². The van der Waals surface area contributed by atoms with Crippen LogP contribution in [0.25, 0.3) is 21.8 Å². The van der Waals surface area contributed by atoms with Crippen LogP contribution in [0, 0.1) is 0 Å². The summed E-state index contributed by atoms with van der Waals surface area (Å²) in [4.78, 5) is 63.4. The van der Waals surface area contributed by atoms with Gasteiger partial charge in [-0.1, -0.05) is 12.1 Å². The lowest BCUT2D eigenvalue weighted by Gasteiger charge is -2.22. The summed E-state index contributed by atoms with van der Waals surface area (Å²) in [6.07, 6.45) is -3.42. The topological polar surface area (TPSA) is 238 Å². The van der Waals surface area contributed by atoms with Crippen LogP contribution in [-0.2, 0) is 36.7 Å². The van der Waals surface area contributed by atoms with Gasteiger partial charge in [0.05, 0.1) is 0 Å². The smallest absolute Gasteiger partial charge is 0.471 e. The third kappa shape index (κ3) is 12.1. The number of anilines is 2. The molecule has 0 radical (unpaired) electrons. The molecule has 0 saturated carbocycles. The molecule has 2 atom stereocenters. The van der Waals surface area contributed by atoms with E-state index in [1.807, 2.05) is 6.07 Å². The number of alkyl carbamates (subject to hydrolysis) is 2. The molecule has 9 N–H and O–H groups in total. The number of carboxylic acid groups (broad SMARTS) is 2. The predicted octanol–water partition coefficient (Wildman–Crippen LogP) is 5.46. The van der Waals surface area contributed by atoms with E-state index in [9.17, 15) is 47.4 Å². The van der Waals surface area contributed by atoms with Crippen LogP contribution in [0.5, 0.6) is 0 Å². The molecular formula is C34H41F3N6O9. The summed E-state index contributed by atoms with van der Waals surface area (Å²) in [5.41, 5.74) is 7.28. The lowest BCUT2D eigenvalue weighted by molar-refractivity contribution is -0.167. The Morgan fingerprint density at radius 3 is 1.56 bits per heavy atom. The Kier molecular flexibility index (Phi) is 12.4. The van der Waals surface area contributed by atoms with E-state index in [2.05, 4.69) is 20.6 Å². The minimum Gasteiger partial charge on any atom is -0.480 e. The number of fused-ring (bicyclic) bond motifs is 2. The summed E-state index contributed by atoms with van der Waals surface area (Å²) in [6.45, 7) is 10.1. The van der Waals surface area contributed by atoms with E-state index in [0.717, 1.165) is 16.5 Å². The quantitative estimate of drug-likeness (QED) is 0.101. The van der Waals surface area contributed by atoms with Crippen LogP contribution in [-0.4, -0.2) is 79.7 Å². The van der Waals surface area contributed by atoms with Gasteiger partial charge < -0.3 is 51.3 Å². The van der Waals surface area contributed by atoms with Crippen LogP contribution in [0.2, 0.25) is 0 Å². The fourth-order valence-corrected chi connectivity index (χ4v) is 4.75. The van der Waals surface area contributed by atoms with Crippen LogP contribution < -0.4 is 21.7 Å². The van der Waals surface area contributed by atoms with Crippen molar-refractivity contribution in [3.8, 4) is 0 Å². The molecule has 0 unspecified atom stereocenters. The number of nitrogens with one attached hydrogen (secondary N) is 5. The van der Waals surface area contributed by atoms with Crippen molar-refractivity contribution in [1.82, 2.24) is 20.6 Å². The molecule has 2 heterocycles. The van der Waals surface area contributed by atoms with Gasteiger partial charge in [-0.15, -0.1) is 0 Å². The zero-order valence-electron chi connectivity index (χ0n) is 29.2. The van der Waals surface area contributed by atoms with Crippen LogP contribution in [0.1, 0.15) is 52.7 Å². The van der Waals surface area contributed by atoms with Gasteiger partial charge in [-0.25, -0.2) is 19.2 Å². The first kappa shape index (κ1) is 40.5. The van der Waals surface area contributed by atoms with Crippen molar-refractivity contribution in [3.63, 3.8) is 0 Å². The molecular weight excluding hydrogens is 693 g/mol. The molecule has 282 valence electrons. The molecule has 52 heavy (non-hydrogen) atoms. The number of nitrogen functional groups attached to an aromatic ring is 1. The molecule has 18 heteroatoms. The van der Waals surface area contributed by atoms with Gasteiger partial charge in [-0.05, 0) is 76.9 Å². The first-order chi connectivity index (χ1) is 23.9. The third-order valence-corrected chi connectivity index (χ3v) is 6.90. The summed E-state index contributed by atoms with van der Waals surface area (Å²) in [7, 11) is 0. The normalized spacial score (nSPS) is 12.9. The summed E-state index contributed by atoms with van der Waals surface area (Å²) in [5, 5.41) is 26.5. The molecule has 0 aliphatic rings. The molecule has 2 aromatic carbocycles. The van der Waals surface area contributed by atoms with Crippen LogP contribution >= 0.6 is 0 Å². The molecule has 2 aromatic heterocycles. The van der Waals surface area contributed by atoms with Crippen LogP contribution in [0.4, 0.5) is 34.1 Å². The first-order valence-electron chi connectivity index (χ1n) is 15.7. The molecule has 0 spiro atoms. The number of benzene rings is 2. The molecule has 0 aliphatic carbocycles. The second-order valence-corrected chi connectivity index (χ2v) is 13.6. The van der Waals surface area contributed by atoms with Crippen LogP contribution in [0.3, 0.4) is 0 Å². The van der Waals surface area contributed by atoms with Crippen LogP contribution in [0.15, 0.2) is 48.8 Å².